The van der Waals surface area contributed by atoms with Gasteiger partial charge in [-0.2, -0.15) is 0 Å². The second-order valence-corrected chi connectivity index (χ2v) is 8.78. The predicted molar refractivity (Wildman–Crippen MR) is 121 cm³/mol. The number of hydrogen-bond donors (Lipinski definition) is 2. The van der Waals surface area contributed by atoms with Crippen molar-refractivity contribution < 1.29 is 4.79 Å². The van der Waals surface area contributed by atoms with E-state index in [0.29, 0.717) is 5.92 Å². The van der Waals surface area contributed by atoms with E-state index in [2.05, 4.69) is 20.2 Å². The van der Waals surface area contributed by atoms with Crippen molar-refractivity contribution in [2.45, 2.75) is 26.7 Å². The van der Waals surface area contributed by atoms with Gasteiger partial charge in [-0.3, -0.25) is 4.79 Å². The molecule has 1 unspecified atom stereocenters. The summed E-state index contributed by atoms with van der Waals surface area (Å²) in [6.07, 6.45) is 5.58. The molecule has 1 aliphatic rings. The molecule has 0 bridgehead atoms. The molecule has 3 N–H and O–H groups in total. The lowest BCUT2D eigenvalue weighted by Gasteiger charge is -2.33. The van der Waals surface area contributed by atoms with Crippen molar-refractivity contribution in [2.24, 2.45) is 17.6 Å². The zero-order valence-corrected chi connectivity index (χ0v) is 18.0. The average Bonchev–Trinajstić information content (AvgIpc) is 3.24. The van der Waals surface area contributed by atoms with E-state index >= 15 is 0 Å². The average molecular weight is 423 g/mol. The highest BCUT2D eigenvalue weighted by atomic mass is 32.1. The molecule has 4 heterocycles. The number of aromatic nitrogens is 3. The molecule has 1 amide bonds. The Labute approximate surface area is 180 Å². The molecule has 0 aliphatic carbocycles. The minimum absolute atomic E-state index is 0.0682. The van der Waals surface area contributed by atoms with E-state index in [-0.39, 0.29) is 11.8 Å². The van der Waals surface area contributed by atoms with Gasteiger partial charge in [0.2, 0.25) is 5.91 Å². The molecule has 156 valence electrons. The fraction of sp³-hybridized carbons (Fsp3) is 0.364. The second kappa shape index (κ2) is 8.79. The quantitative estimate of drug-likeness (QED) is 0.623. The summed E-state index contributed by atoms with van der Waals surface area (Å²) in [5.41, 5.74) is 7.50. The van der Waals surface area contributed by atoms with Gasteiger partial charge >= 0.3 is 0 Å². The molecule has 4 rings (SSSR count). The van der Waals surface area contributed by atoms with Crippen LogP contribution < -0.4 is 16.0 Å². The molecule has 0 aromatic carbocycles. The maximum Gasteiger partial charge on any atom is 0.220 e. The Morgan fingerprint density at radius 1 is 1.23 bits per heavy atom. The maximum atomic E-state index is 11.5. The third-order valence-corrected chi connectivity index (χ3v) is 6.71. The van der Waals surface area contributed by atoms with Gasteiger partial charge < -0.3 is 16.0 Å². The lowest BCUT2D eigenvalue weighted by atomic mass is 9.85. The normalized spacial score (nSPS) is 15.7. The smallest absolute Gasteiger partial charge is 0.220 e. The van der Waals surface area contributed by atoms with Gasteiger partial charge in [-0.05, 0) is 55.5 Å². The van der Waals surface area contributed by atoms with Gasteiger partial charge in [-0.1, -0.05) is 24.3 Å². The number of piperidine rings is 1. The monoisotopic (exact) mass is 422 g/mol. The molecule has 0 saturated carbocycles. The zero-order chi connectivity index (χ0) is 21.1. The van der Waals surface area contributed by atoms with Crippen LogP contribution >= 0.6 is 11.3 Å². The molecular formula is C22H26N6OS. The van der Waals surface area contributed by atoms with E-state index in [1.54, 1.807) is 17.5 Å². The van der Waals surface area contributed by atoms with E-state index < -0.39 is 0 Å². The minimum atomic E-state index is -0.203. The number of hydrogen-bond acceptors (Lipinski definition) is 7. The van der Waals surface area contributed by atoms with E-state index in [4.69, 9.17) is 10.7 Å². The Morgan fingerprint density at radius 2 is 2.03 bits per heavy atom. The van der Waals surface area contributed by atoms with Crippen LogP contribution in [0.25, 0.3) is 10.6 Å². The van der Waals surface area contributed by atoms with Gasteiger partial charge in [0.05, 0.1) is 10.6 Å². The van der Waals surface area contributed by atoms with Gasteiger partial charge in [-0.25, -0.2) is 15.0 Å². The van der Waals surface area contributed by atoms with Gasteiger partial charge in [0.15, 0.2) is 5.13 Å². The predicted octanol–water partition coefficient (Wildman–Crippen LogP) is 3.99. The third-order valence-electron chi connectivity index (χ3n) is 5.63. The number of thiazole rings is 1. The molecule has 3 aromatic rings. The number of carbonyl (C=O) groups is 1. The van der Waals surface area contributed by atoms with Crippen molar-refractivity contribution in [3.8, 4) is 10.6 Å². The fourth-order valence-electron chi connectivity index (χ4n) is 3.73. The number of nitrogens with one attached hydrogen (secondary N) is 1. The number of nitrogens with two attached hydrogens (primary N) is 1. The number of aryl methyl sites for hydroxylation is 1. The number of primary amides is 1. The summed E-state index contributed by atoms with van der Waals surface area (Å²) in [4.78, 5) is 28.5. The van der Waals surface area contributed by atoms with Crippen LogP contribution in [0.5, 0.6) is 0 Å². The zero-order valence-electron chi connectivity index (χ0n) is 17.2. The summed E-state index contributed by atoms with van der Waals surface area (Å²) in [6, 6.07) is 9.86. The lowest BCUT2D eigenvalue weighted by Crippen LogP contribution is -2.38. The van der Waals surface area contributed by atoms with E-state index in [0.717, 1.165) is 58.8 Å². The van der Waals surface area contributed by atoms with Gasteiger partial charge in [0, 0.05) is 31.4 Å². The standard InChI is InChI=1S/C22H26N6OS/c1-14-6-9-24-20(12-14)27-19-5-3-4-17(26-19)18-13-25-22(30-18)28-10-7-16(8-11-28)15(2)21(23)29/h3-6,9,12-13,15-16H,7-8,10-11H2,1-2H3,(H2,23,29)(H,24,26,27). The first-order valence-electron chi connectivity index (χ1n) is 10.2. The number of anilines is 3. The third kappa shape index (κ3) is 4.59. The Hall–Kier alpha value is -3.00. The minimum Gasteiger partial charge on any atom is -0.369 e. The molecule has 7 nitrogen and oxygen atoms in total. The maximum absolute atomic E-state index is 11.5. The van der Waals surface area contributed by atoms with Crippen molar-refractivity contribution in [1.82, 2.24) is 15.0 Å². The first kappa shape index (κ1) is 20.3. The van der Waals surface area contributed by atoms with Crippen molar-refractivity contribution in [2.75, 3.05) is 23.3 Å². The Morgan fingerprint density at radius 3 is 2.77 bits per heavy atom. The van der Waals surface area contributed by atoms with Crippen LogP contribution in [0.3, 0.4) is 0 Å². The van der Waals surface area contributed by atoms with E-state index in [1.165, 1.54) is 0 Å². The SMILES string of the molecule is Cc1ccnc(Nc2cccc(-c3cnc(N4CCC(C(C)C(N)=O)CC4)s3)n2)c1. The molecule has 30 heavy (non-hydrogen) atoms. The largest absolute Gasteiger partial charge is 0.369 e. The molecule has 3 aromatic heterocycles. The molecule has 1 aliphatic heterocycles. The van der Waals surface area contributed by atoms with Gasteiger partial charge in [0.1, 0.15) is 11.6 Å². The van der Waals surface area contributed by atoms with Crippen molar-refractivity contribution in [1.29, 1.82) is 0 Å². The Kier molecular flexibility index (Phi) is 5.94. The van der Waals surface area contributed by atoms with E-state index in [9.17, 15) is 4.79 Å². The Balaban J connectivity index is 1.44. The topological polar surface area (TPSA) is 97.0 Å². The summed E-state index contributed by atoms with van der Waals surface area (Å²) in [5, 5.41) is 4.26. The fourth-order valence-corrected chi connectivity index (χ4v) is 4.67. The molecule has 0 spiro atoms. The number of amides is 1. The molecule has 1 saturated heterocycles. The van der Waals surface area contributed by atoms with Crippen LogP contribution in [-0.4, -0.2) is 33.9 Å². The van der Waals surface area contributed by atoms with Gasteiger partial charge in [-0.15, -0.1) is 0 Å². The highest BCUT2D eigenvalue weighted by molar-refractivity contribution is 7.18. The highest BCUT2D eigenvalue weighted by Gasteiger charge is 2.28. The second-order valence-electron chi connectivity index (χ2n) is 7.77. The van der Waals surface area contributed by atoms with Crippen molar-refractivity contribution in [3.05, 3.63) is 48.3 Å². The van der Waals surface area contributed by atoms with Crippen molar-refractivity contribution in [3.63, 3.8) is 0 Å². The molecule has 8 heteroatoms. The van der Waals surface area contributed by atoms with E-state index in [1.807, 2.05) is 50.4 Å². The van der Waals surface area contributed by atoms with Crippen LogP contribution in [-0.2, 0) is 4.79 Å². The summed E-state index contributed by atoms with van der Waals surface area (Å²) >= 11 is 1.64. The summed E-state index contributed by atoms with van der Waals surface area (Å²) in [6.45, 7) is 5.75. The summed E-state index contributed by atoms with van der Waals surface area (Å²) < 4.78 is 0. The molecule has 0 radical (unpaired) electrons. The number of pyridine rings is 2. The summed E-state index contributed by atoms with van der Waals surface area (Å²) in [7, 11) is 0. The van der Waals surface area contributed by atoms with Crippen molar-refractivity contribution >= 4 is 34.0 Å². The number of rotatable bonds is 6. The Bertz CT molecular complexity index is 1030. The van der Waals surface area contributed by atoms with Crippen LogP contribution in [0.2, 0.25) is 0 Å². The number of carbonyl (C=O) groups excluding carboxylic acids is 1. The molecule has 1 fully saturated rings. The van der Waals surface area contributed by atoms with Crippen LogP contribution in [0.1, 0.15) is 25.3 Å². The molecular weight excluding hydrogens is 396 g/mol. The van der Waals surface area contributed by atoms with Crippen LogP contribution in [0.15, 0.2) is 42.7 Å². The van der Waals surface area contributed by atoms with Gasteiger partial charge in [0.25, 0.3) is 0 Å². The first-order chi connectivity index (χ1) is 14.5. The van der Waals surface area contributed by atoms with Crippen LogP contribution in [0.4, 0.5) is 16.8 Å². The lowest BCUT2D eigenvalue weighted by molar-refractivity contribution is -0.123. The number of nitrogens with zero attached hydrogens (tertiary/aromatic N) is 4. The summed E-state index contributed by atoms with van der Waals surface area (Å²) in [5.74, 6) is 1.61. The first-order valence-corrected chi connectivity index (χ1v) is 11.0. The van der Waals surface area contributed by atoms with Crippen LogP contribution in [0, 0.1) is 18.8 Å². The molecule has 1 atom stereocenters. The highest BCUT2D eigenvalue weighted by Crippen LogP contribution is 2.34.